The molecule has 0 bridgehead atoms. The predicted molar refractivity (Wildman–Crippen MR) is 166 cm³/mol. The van der Waals surface area contributed by atoms with E-state index in [1.165, 1.54) is 69.5 Å². The summed E-state index contributed by atoms with van der Waals surface area (Å²) in [5.74, 6) is 1.74. The second kappa shape index (κ2) is 17.8. The Morgan fingerprint density at radius 1 is 0.667 bits per heavy atom. The van der Waals surface area contributed by atoms with Crippen LogP contribution in [0.1, 0.15) is 102 Å². The third-order valence-electron chi connectivity index (χ3n) is 6.91. The zero-order valence-electron chi connectivity index (χ0n) is 24.1. The van der Waals surface area contributed by atoms with Crippen LogP contribution in [0.3, 0.4) is 0 Å². The van der Waals surface area contributed by atoms with Crippen LogP contribution in [-0.2, 0) is 0 Å². The van der Waals surface area contributed by atoms with E-state index in [1.54, 1.807) is 0 Å². The number of ether oxygens (including phenoxy) is 2. The van der Waals surface area contributed by atoms with Gasteiger partial charge < -0.3 is 9.47 Å². The Balaban J connectivity index is 1.43. The third-order valence-corrected chi connectivity index (χ3v) is 7.84. The average Bonchev–Trinajstić information content (AvgIpc) is 2.96. The number of thioether (sulfide) groups is 1. The van der Waals surface area contributed by atoms with Gasteiger partial charge in [0.1, 0.15) is 11.5 Å². The van der Waals surface area contributed by atoms with Crippen molar-refractivity contribution < 1.29 is 14.3 Å². The summed E-state index contributed by atoms with van der Waals surface area (Å²) >= 11 is 1.26. The highest BCUT2D eigenvalue weighted by Crippen LogP contribution is 2.28. The topological polar surface area (TPSA) is 35.5 Å². The molecule has 3 aromatic carbocycles. The minimum absolute atomic E-state index is 0.0359. The zero-order valence-corrected chi connectivity index (χ0v) is 24.9. The molecule has 0 aliphatic heterocycles. The lowest BCUT2D eigenvalue weighted by Crippen LogP contribution is -2.11. The number of benzene rings is 3. The lowest BCUT2D eigenvalue weighted by atomic mass is 10.1. The van der Waals surface area contributed by atoms with E-state index in [-0.39, 0.29) is 11.2 Å². The Kier molecular flexibility index (Phi) is 14.1. The smallest absolute Gasteiger partial charge is 0.224 e. The van der Waals surface area contributed by atoms with E-state index in [0.717, 1.165) is 47.0 Å². The minimum atomic E-state index is 0.0359. The maximum Gasteiger partial charge on any atom is 0.224 e. The Labute approximate surface area is 240 Å². The molecule has 0 saturated carbocycles. The molecule has 0 amide bonds. The van der Waals surface area contributed by atoms with Gasteiger partial charge in [0.2, 0.25) is 5.12 Å². The summed E-state index contributed by atoms with van der Waals surface area (Å²) in [4.78, 5) is 13.8. The van der Waals surface area contributed by atoms with E-state index in [1.807, 2.05) is 48.5 Å². The molecule has 3 aromatic rings. The van der Waals surface area contributed by atoms with Crippen LogP contribution >= 0.6 is 11.8 Å². The number of hydrogen-bond acceptors (Lipinski definition) is 4. The molecule has 0 saturated heterocycles. The van der Waals surface area contributed by atoms with Crippen molar-refractivity contribution in [1.82, 2.24) is 0 Å². The van der Waals surface area contributed by atoms with Crippen LogP contribution < -0.4 is 9.47 Å². The first kappa shape index (κ1) is 30.8. The number of rotatable bonds is 18. The maximum atomic E-state index is 12.8. The van der Waals surface area contributed by atoms with Gasteiger partial charge in [0.05, 0.1) is 12.7 Å². The standard InChI is InChI=1S/C35H46O3S/c1-4-6-8-10-11-13-27-37-32-21-15-29(16-22-32)30-19-25-34(26-20-30)39-35(36)31-17-23-33(24-18-31)38-28(3)14-12-9-7-5-2/h15-26,28H,4-14,27H2,1-3H3/t28-/m0/s1. The summed E-state index contributed by atoms with van der Waals surface area (Å²) in [5.41, 5.74) is 2.95. The largest absolute Gasteiger partial charge is 0.494 e. The highest BCUT2D eigenvalue weighted by molar-refractivity contribution is 8.14. The molecule has 0 aliphatic carbocycles. The lowest BCUT2D eigenvalue weighted by molar-refractivity contribution is 0.108. The number of unbranched alkanes of at least 4 members (excludes halogenated alkanes) is 8. The Bertz CT molecular complexity index is 1070. The van der Waals surface area contributed by atoms with Crippen LogP contribution in [0.25, 0.3) is 11.1 Å². The van der Waals surface area contributed by atoms with Crippen molar-refractivity contribution in [3.63, 3.8) is 0 Å². The summed E-state index contributed by atoms with van der Waals surface area (Å²) in [6, 6.07) is 24.0. The van der Waals surface area contributed by atoms with Gasteiger partial charge in [-0.1, -0.05) is 89.5 Å². The van der Waals surface area contributed by atoms with Crippen LogP contribution in [-0.4, -0.2) is 17.8 Å². The quantitative estimate of drug-likeness (QED) is 0.117. The zero-order chi connectivity index (χ0) is 27.7. The highest BCUT2D eigenvalue weighted by Gasteiger charge is 2.10. The SMILES string of the molecule is CCCCCCCCOc1ccc(-c2ccc(SC(=O)c3ccc(O[C@@H](C)CCCCCC)cc3)cc2)cc1. The fraction of sp³-hybridized carbons (Fsp3) is 0.457. The van der Waals surface area contributed by atoms with Gasteiger partial charge in [-0.2, -0.15) is 0 Å². The number of carbonyl (C=O) groups excluding carboxylic acids is 1. The van der Waals surface area contributed by atoms with E-state index >= 15 is 0 Å². The molecule has 0 heterocycles. The second-order valence-corrected chi connectivity index (χ2v) is 11.4. The van der Waals surface area contributed by atoms with Crippen molar-refractivity contribution in [1.29, 1.82) is 0 Å². The summed E-state index contributed by atoms with van der Waals surface area (Å²) in [7, 11) is 0. The monoisotopic (exact) mass is 546 g/mol. The van der Waals surface area contributed by atoms with E-state index < -0.39 is 0 Å². The van der Waals surface area contributed by atoms with Gasteiger partial charge in [-0.3, -0.25) is 4.79 Å². The van der Waals surface area contributed by atoms with Crippen molar-refractivity contribution in [3.8, 4) is 22.6 Å². The summed E-state index contributed by atoms with van der Waals surface area (Å²) in [6.07, 6.45) is 13.8. The molecule has 210 valence electrons. The maximum absolute atomic E-state index is 12.8. The van der Waals surface area contributed by atoms with Gasteiger partial charge in [-0.15, -0.1) is 0 Å². The van der Waals surface area contributed by atoms with Crippen molar-refractivity contribution >= 4 is 16.9 Å². The highest BCUT2D eigenvalue weighted by atomic mass is 32.2. The van der Waals surface area contributed by atoms with Gasteiger partial charge in [-0.05, 0) is 97.6 Å². The summed E-state index contributed by atoms with van der Waals surface area (Å²) < 4.78 is 11.9. The molecule has 1 atom stereocenters. The van der Waals surface area contributed by atoms with Crippen LogP contribution in [0, 0.1) is 0 Å². The van der Waals surface area contributed by atoms with Gasteiger partial charge in [0.15, 0.2) is 0 Å². The molecular weight excluding hydrogens is 500 g/mol. The molecule has 4 heteroatoms. The van der Waals surface area contributed by atoms with Gasteiger partial charge in [-0.25, -0.2) is 0 Å². The minimum Gasteiger partial charge on any atom is -0.494 e. The third kappa shape index (κ3) is 11.5. The van der Waals surface area contributed by atoms with Crippen LogP contribution in [0.5, 0.6) is 11.5 Å². The normalized spacial score (nSPS) is 11.8. The van der Waals surface area contributed by atoms with Crippen LogP contribution in [0.2, 0.25) is 0 Å². The molecule has 0 aromatic heterocycles. The molecule has 0 unspecified atom stereocenters. The van der Waals surface area contributed by atoms with Gasteiger partial charge >= 0.3 is 0 Å². The van der Waals surface area contributed by atoms with Crippen molar-refractivity contribution in [2.24, 2.45) is 0 Å². The Hall–Kier alpha value is -2.72. The van der Waals surface area contributed by atoms with E-state index in [0.29, 0.717) is 5.56 Å². The lowest BCUT2D eigenvalue weighted by Gasteiger charge is -2.14. The van der Waals surface area contributed by atoms with Crippen LogP contribution in [0.15, 0.2) is 77.7 Å². The summed E-state index contributed by atoms with van der Waals surface area (Å²) in [5, 5.41) is 0.0359. The Morgan fingerprint density at radius 3 is 1.85 bits per heavy atom. The molecule has 0 N–H and O–H groups in total. The molecule has 0 fully saturated rings. The molecule has 0 radical (unpaired) electrons. The first-order valence-corrected chi connectivity index (χ1v) is 15.7. The number of hydrogen-bond donors (Lipinski definition) is 0. The fourth-order valence-corrected chi connectivity index (χ4v) is 5.26. The summed E-state index contributed by atoms with van der Waals surface area (Å²) in [6.45, 7) is 7.36. The Morgan fingerprint density at radius 2 is 1.21 bits per heavy atom. The van der Waals surface area contributed by atoms with E-state index in [2.05, 4.69) is 45.0 Å². The molecular formula is C35H46O3S. The first-order valence-electron chi connectivity index (χ1n) is 14.9. The molecule has 3 rings (SSSR count). The molecule has 3 nitrogen and oxygen atoms in total. The first-order chi connectivity index (χ1) is 19.1. The van der Waals surface area contributed by atoms with Gasteiger partial charge in [0.25, 0.3) is 0 Å². The van der Waals surface area contributed by atoms with Crippen LogP contribution in [0.4, 0.5) is 0 Å². The molecule has 39 heavy (non-hydrogen) atoms. The van der Waals surface area contributed by atoms with Gasteiger partial charge in [0, 0.05) is 10.5 Å². The van der Waals surface area contributed by atoms with Crippen molar-refractivity contribution in [3.05, 3.63) is 78.4 Å². The average molecular weight is 547 g/mol. The number of carbonyl (C=O) groups is 1. The van der Waals surface area contributed by atoms with Crippen molar-refractivity contribution in [2.45, 2.75) is 102 Å². The van der Waals surface area contributed by atoms with E-state index in [4.69, 9.17) is 9.47 Å². The van der Waals surface area contributed by atoms with Crippen molar-refractivity contribution in [2.75, 3.05) is 6.61 Å². The fourth-order valence-electron chi connectivity index (χ4n) is 4.52. The van der Waals surface area contributed by atoms with E-state index in [9.17, 15) is 4.79 Å². The molecule has 0 aliphatic rings. The molecule has 0 spiro atoms. The second-order valence-electron chi connectivity index (χ2n) is 10.4. The predicted octanol–water partition coefficient (Wildman–Crippen LogP) is 10.8.